The number of hydrogen-bond acceptors (Lipinski definition) is 4. The highest BCUT2D eigenvalue weighted by atomic mass is 35.5. The lowest BCUT2D eigenvalue weighted by Crippen LogP contribution is -2.08. The van der Waals surface area contributed by atoms with Crippen LogP contribution in [0.1, 0.15) is 23.2 Å². The molecular formula is C11H12ClNO3S. The highest BCUT2D eigenvalue weighted by Gasteiger charge is 2.16. The molecule has 1 atom stereocenters. The van der Waals surface area contributed by atoms with E-state index >= 15 is 0 Å². The molecule has 0 amide bonds. The van der Waals surface area contributed by atoms with Crippen molar-refractivity contribution in [3.63, 3.8) is 0 Å². The number of aromatic carboxylic acids is 1. The summed E-state index contributed by atoms with van der Waals surface area (Å²) in [6, 6.07) is 2.88. The summed E-state index contributed by atoms with van der Waals surface area (Å²) in [5.74, 6) is -0.208. The van der Waals surface area contributed by atoms with Crippen molar-refractivity contribution in [2.75, 3.05) is 12.4 Å². The molecule has 0 aromatic carbocycles. The van der Waals surface area contributed by atoms with E-state index in [0.717, 1.165) is 25.2 Å². The molecule has 6 heteroatoms. The van der Waals surface area contributed by atoms with Crippen LogP contribution in [-0.4, -0.2) is 34.5 Å². The highest BCUT2D eigenvalue weighted by molar-refractivity contribution is 7.99. The van der Waals surface area contributed by atoms with Crippen molar-refractivity contribution in [3.05, 3.63) is 22.8 Å². The Morgan fingerprint density at radius 2 is 2.47 bits per heavy atom. The van der Waals surface area contributed by atoms with Crippen LogP contribution in [0, 0.1) is 0 Å². The molecule has 0 spiro atoms. The van der Waals surface area contributed by atoms with E-state index < -0.39 is 5.97 Å². The second-order valence-electron chi connectivity index (χ2n) is 3.77. The van der Waals surface area contributed by atoms with Gasteiger partial charge in [0.05, 0.1) is 16.7 Å². The summed E-state index contributed by atoms with van der Waals surface area (Å²) in [6.45, 7) is 0.814. The molecule has 1 aliphatic rings. The zero-order chi connectivity index (χ0) is 12.3. The van der Waals surface area contributed by atoms with Crippen LogP contribution in [0.4, 0.5) is 0 Å². The van der Waals surface area contributed by atoms with E-state index in [9.17, 15) is 4.79 Å². The van der Waals surface area contributed by atoms with Crippen LogP contribution in [0.15, 0.2) is 17.2 Å². The van der Waals surface area contributed by atoms with Gasteiger partial charge in [-0.05, 0) is 25.0 Å². The first-order valence-corrected chi connectivity index (χ1v) is 6.67. The van der Waals surface area contributed by atoms with Gasteiger partial charge in [-0.3, -0.25) is 0 Å². The van der Waals surface area contributed by atoms with Crippen molar-refractivity contribution < 1.29 is 14.6 Å². The lowest BCUT2D eigenvalue weighted by molar-refractivity contribution is 0.0696. The highest BCUT2D eigenvalue weighted by Crippen LogP contribution is 2.24. The van der Waals surface area contributed by atoms with E-state index in [0.29, 0.717) is 5.03 Å². The molecule has 1 fully saturated rings. The van der Waals surface area contributed by atoms with E-state index in [-0.39, 0.29) is 16.8 Å². The number of carboxylic acids is 1. The van der Waals surface area contributed by atoms with Gasteiger partial charge in [0.25, 0.3) is 0 Å². The Morgan fingerprint density at radius 1 is 1.65 bits per heavy atom. The van der Waals surface area contributed by atoms with Gasteiger partial charge in [-0.2, -0.15) is 0 Å². The number of hydrogen-bond donors (Lipinski definition) is 1. The zero-order valence-corrected chi connectivity index (χ0v) is 10.6. The number of pyridine rings is 1. The fourth-order valence-electron chi connectivity index (χ4n) is 1.62. The maximum absolute atomic E-state index is 10.8. The van der Waals surface area contributed by atoms with Crippen LogP contribution in [0.25, 0.3) is 0 Å². The number of nitrogens with zero attached hydrogens (tertiary/aromatic N) is 1. The molecule has 1 N–H and O–H groups in total. The van der Waals surface area contributed by atoms with Gasteiger partial charge in [-0.25, -0.2) is 9.78 Å². The molecule has 1 aromatic heterocycles. The maximum Gasteiger partial charge on any atom is 0.335 e. The Bertz CT molecular complexity index is 421. The van der Waals surface area contributed by atoms with E-state index in [1.165, 1.54) is 23.9 Å². The first-order valence-electron chi connectivity index (χ1n) is 5.30. The van der Waals surface area contributed by atoms with Crippen LogP contribution in [0.3, 0.4) is 0 Å². The Labute approximate surface area is 108 Å². The third-order valence-corrected chi connectivity index (χ3v) is 3.70. The molecule has 4 nitrogen and oxygen atoms in total. The van der Waals surface area contributed by atoms with Gasteiger partial charge in [-0.15, -0.1) is 11.8 Å². The van der Waals surface area contributed by atoms with Crippen molar-refractivity contribution >= 4 is 29.3 Å². The number of carboxylic acid groups (broad SMARTS) is 1. The average Bonchev–Trinajstić information content (AvgIpc) is 2.78. The average molecular weight is 274 g/mol. The number of thioether (sulfide) groups is 1. The summed E-state index contributed by atoms with van der Waals surface area (Å²) in [4.78, 5) is 14.9. The standard InChI is InChI=1S/C11H12ClNO3S/c12-9-4-7(11(14)15)5-10(13-9)17-6-8-2-1-3-16-8/h4-5,8H,1-3,6H2,(H,14,15). The monoisotopic (exact) mass is 273 g/mol. The molecule has 0 aliphatic carbocycles. The summed E-state index contributed by atoms with van der Waals surface area (Å²) in [5.41, 5.74) is 0.167. The summed E-state index contributed by atoms with van der Waals surface area (Å²) in [7, 11) is 0. The summed E-state index contributed by atoms with van der Waals surface area (Å²) in [5, 5.41) is 9.73. The van der Waals surface area contributed by atoms with Crippen molar-refractivity contribution in [1.29, 1.82) is 0 Å². The zero-order valence-electron chi connectivity index (χ0n) is 9.06. The predicted molar refractivity (Wildman–Crippen MR) is 65.9 cm³/mol. The van der Waals surface area contributed by atoms with Crippen LogP contribution in [-0.2, 0) is 4.74 Å². The first kappa shape index (κ1) is 12.7. The van der Waals surface area contributed by atoms with Crippen LogP contribution < -0.4 is 0 Å². The lowest BCUT2D eigenvalue weighted by atomic mass is 10.3. The maximum atomic E-state index is 10.8. The normalized spacial score (nSPS) is 19.5. The number of carbonyl (C=O) groups is 1. The lowest BCUT2D eigenvalue weighted by Gasteiger charge is -2.08. The molecule has 1 aromatic rings. The second-order valence-corrected chi connectivity index (χ2v) is 5.20. The molecule has 2 rings (SSSR count). The fraction of sp³-hybridized carbons (Fsp3) is 0.455. The minimum atomic E-state index is -0.992. The molecule has 92 valence electrons. The van der Waals surface area contributed by atoms with Gasteiger partial charge in [0, 0.05) is 12.4 Å². The fourth-order valence-corrected chi connectivity index (χ4v) is 2.88. The largest absolute Gasteiger partial charge is 0.478 e. The molecule has 2 heterocycles. The Hall–Kier alpha value is -0.780. The van der Waals surface area contributed by atoms with Crippen LogP contribution >= 0.6 is 23.4 Å². The van der Waals surface area contributed by atoms with E-state index in [1.807, 2.05) is 0 Å². The number of aromatic nitrogens is 1. The van der Waals surface area contributed by atoms with Crippen molar-refractivity contribution in [2.24, 2.45) is 0 Å². The minimum Gasteiger partial charge on any atom is -0.478 e. The van der Waals surface area contributed by atoms with Crippen molar-refractivity contribution in [2.45, 2.75) is 24.0 Å². The Morgan fingerprint density at radius 3 is 3.12 bits per heavy atom. The number of ether oxygens (including phenoxy) is 1. The third-order valence-electron chi connectivity index (χ3n) is 2.46. The molecule has 0 saturated carbocycles. The van der Waals surface area contributed by atoms with Gasteiger partial charge < -0.3 is 9.84 Å². The Kier molecular flexibility index (Phi) is 4.25. The van der Waals surface area contributed by atoms with Gasteiger partial charge in [0.1, 0.15) is 5.15 Å². The molecule has 1 unspecified atom stereocenters. The second kappa shape index (κ2) is 5.71. The van der Waals surface area contributed by atoms with Gasteiger partial charge >= 0.3 is 5.97 Å². The van der Waals surface area contributed by atoms with Crippen molar-refractivity contribution in [1.82, 2.24) is 4.98 Å². The Balaban J connectivity index is 2.01. The van der Waals surface area contributed by atoms with E-state index in [4.69, 9.17) is 21.4 Å². The molecule has 0 radical (unpaired) electrons. The number of rotatable bonds is 4. The van der Waals surface area contributed by atoms with Gasteiger partial charge in [0.15, 0.2) is 0 Å². The molecule has 17 heavy (non-hydrogen) atoms. The predicted octanol–water partition coefficient (Wildman–Crippen LogP) is 2.70. The topological polar surface area (TPSA) is 59.4 Å². The number of halogens is 1. The SMILES string of the molecule is O=C(O)c1cc(Cl)nc(SCC2CCCO2)c1. The smallest absolute Gasteiger partial charge is 0.335 e. The molecule has 0 bridgehead atoms. The quantitative estimate of drug-likeness (QED) is 0.675. The van der Waals surface area contributed by atoms with Crippen LogP contribution in [0.2, 0.25) is 5.15 Å². The van der Waals surface area contributed by atoms with Gasteiger partial charge in [-0.1, -0.05) is 11.6 Å². The van der Waals surface area contributed by atoms with Gasteiger partial charge in [0.2, 0.25) is 0 Å². The summed E-state index contributed by atoms with van der Waals surface area (Å²) < 4.78 is 5.48. The summed E-state index contributed by atoms with van der Waals surface area (Å²) in [6.07, 6.45) is 2.39. The third kappa shape index (κ3) is 3.59. The van der Waals surface area contributed by atoms with Crippen LogP contribution in [0.5, 0.6) is 0 Å². The van der Waals surface area contributed by atoms with E-state index in [1.54, 1.807) is 0 Å². The van der Waals surface area contributed by atoms with E-state index in [2.05, 4.69) is 4.98 Å². The minimum absolute atomic E-state index is 0.167. The first-order chi connectivity index (χ1) is 8.15. The van der Waals surface area contributed by atoms with Crippen molar-refractivity contribution in [3.8, 4) is 0 Å². The molecular weight excluding hydrogens is 262 g/mol. The molecule has 1 saturated heterocycles. The molecule has 1 aliphatic heterocycles. The summed E-state index contributed by atoms with van der Waals surface area (Å²) >= 11 is 7.25.